The molecule has 27 heavy (non-hydrogen) atoms. The Morgan fingerprint density at radius 1 is 0.889 bits per heavy atom. The molecule has 0 saturated carbocycles. The van der Waals surface area contributed by atoms with Crippen LogP contribution in [-0.4, -0.2) is 19.7 Å². The fourth-order valence-electron chi connectivity index (χ4n) is 3.03. The second kappa shape index (κ2) is 7.82. The van der Waals surface area contributed by atoms with Gasteiger partial charge >= 0.3 is 0 Å². The van der Waals surface area contributed by atoms with Crippen molar-refractivity contribution in [2.45, 2.75) is 13.8 Å². The van der Waals surface area contributed by atoms with E-state index in [0.29, 0.717) is 5.82 Å². The number of aromatic nitrogens is 4. The normalized spacial score (nSPS) is 10.4. The van der Waals surface area contributed by atoms with Crippen molar-refractivity contribution in [3.8, 4) is 28.5 Å². The van der Waals surface area contributed by atoms with Crippen molar-refractivity contribution in [1.82, 2.24) is 19.7 Å². The van der Waals surface area contributed by atoms with Crippen molar-refractivity contribution in [3.05, 3.63) is 78.0 Å². The topological polar surface area (TPSA) is 69.6 Å². The zero-order valence-corrected chi connectivity index (χ0v) is 17.4. The van der Waals surface area contributed by atoms with E-state index >= 15 is 0 Å². The first kappa shape index (κ1) is 19.0. The van der Waals surface area contributed by atoms with E-state index in [9.17, 15) is 0 Å². The van der Waals surface area contributed by atoms with Crippen molar-refractivity contribution in [3.63, 3.8) is 0 Å². The number of nitrogen functional groups attached to an aromatic ring is 1. The molecule has 4 aromatic rings. The Morgan fingerprint density at radius 2 is 1.63 bits per heavy atom. The van der Waals surface area contributed by atoms with Crippen molar-refractivity contribution in [2.24, 2.45) is 0 Å². The van der Waals surface area contributed by atoms with Crippen molar-refractivity contribution >= 4 is 5.82 Å². The van der Waals surface area contributed by atoms with Gasteiger partial charge < -0.3 is 10.3 Å². The van der Waals surface area contributed by atoms with Gasteiger partial charge in [-0.05, 0) is 31.5 Å². The summed E-state index contributed by atoms with van der Waals surface area (Å²) in [4.78, 5) is 4.41. The fraction of sp³-hybridized carbons (Fsp3) is 0.0952. The number of nitrogens with zero attached hydrogens (tertiary/aromatic N) is 4. The smallest absolute Gasteiger partial charge is 0.159 e. The third-order valence-electron chi connectivity index (χ3n) is 4.32. The first-order valence-corrected chi connectivity index (χ1v) is 8.37. The summed E-state index contributed by atoms with van der Waals surface area (Å²) in [6.45, 7) is 4.00. The standard InChI is InChI=1S/C21H18N5.Ir/c1-14-8-6-7-11-17(14)21-25-24-20(16-9-4-3-5-10-16)26(21)18-12-13-19(22)23-15(18)2;/h3-9,11-13H,1-2H3,(H2,22,23);/q-1;. The molecule has 2 aromatic carbocycles. The number of hydrogen-bond donors (Lipinski definition) is 1. The van der Waals surface area contributed by atoms with Crippen molar-refractivity contribution in [1.29, 1.82) is 0 Å². The second-order valence-corrected chi connectivity index (χ2v) is 6.11. The van der Waals surface area contributed by atoms with Gasteiger partial charge in [0.1, 0.15) is 5.82 Å². The van der Waals surface area contributed by atoms with Crippen molar-refractivity contribution < 1.29 is 20.1 Å². The quantitative estimate of drug-likeness (QED) is 0.405. The average molecular weight is 533 g/mol. The van der Waals surface area contributed by atoms with Gasteiger partial charge in [0.05, 0.1) is 17.2 Å². The van der Waals surface area contributed by atoms with Gasteiger partial charge in [0.25, 0.3) is 0 Å². The molecule has 0 amide bonds. The van der Waals surface area contributed by atoms with Gasteiger partial charge in [-0.1, -0.05) is 24.3 Å². The first-order chi connectivity index (χ1) is 12.6. The number of pyridine rings is 1. The van der Waals surface area contributed by atoms with Crippen LogP contribution in [0.1, 0.15) is 11.3 Å². The first-order valence-electron chi connectivity index (χ1n) is 8.37. The molecule has 0 bridgehead atoms. The van der Waals surface area contributed by atoms with E-state index in [0.717, 1.165) is 39.7 Å². The summed E-state index contributed by atoms with van der Waals surface area (Å²) in [5.74, 6) is 1.98. The fourth-order valence-corrected chi connectivity index (χ4v) is 3.03. The second-order valence-electron chi connectivity index (χ2n) is 6.11. The van der Waals surface area contributed by atoms with Crippen LogP contribution in [0.4, 0.5) is 5.82 Å². The number of hydrogen-bond acceptors (Lipinski definition) is 4. The molecule has 2 N–H and O–H groups in total. The Morgan fingerprint density at radius 3 is 2.33 bits per heavy atom. The third-order valence-corrected chi connectivity index (χ3v) is 4.32. The molecule has 137 valence electrons. The summed E-state index contributed by atoms with van der Waals surface area (Å²) in [5, 5.41) is 8.96. The maximum Gasteiger partial charge on any atom is 0.159 e. The minimum Gasteiger partial charge on any atom is -0.384 e. The van der Waals surface area contributed by atoms with Gasteiger partial charge in [0, 0.05) is 25.7 Å². The molecule has 0 unspecified atom stereocenters. The molecule has 0 atom stereocenters. The van der Waals surface area contributed by atoms with Crippen LogP contribution in [0.3, 0.4) is 0 Å². The molecular formula is C21H18IrN5-. The predicted molar refractivity (Wildman–Crippen MR) is 103 cm³/mol. The molecular weight excluding hydrogens is 514 g/mol. The van der Waals surface area contributed by atoms with E-state index in [4.69, 9.17) is 5.73 Å². The Kier molecular flexibility index (Phi) is 5.49. The van der Waals surface area contributed by atoms with Crippen molar-refractivity contribution in [2.75, 3.05) is 5.73 Å². The summed E-state index contributed by atoms with van der Waals surface area (Å²) < 4.78 is 2.02. The summed E-state index contributed by atoms with van der Waals surface area (Å²) in [7, 11) is 0. The SMILES string of the molecule is Cc1ccccc1-c1nnc(-c2[c-]cccc2)n1-c1ccc(N)nc1C.[Ir]. The van der Waals surface area contributed by atoms with E-state index in [2.05, 4.69) is 34.2 Å². The summed E-state index contributed by atoms with van der Waals surface area (Å²) in [6, 6.07) is 22.9. The van der Waals surface area contributed by atoms with Crippen LogP contribution in [0, 0.1) is 19.9 Å². The van der Waals surface area contributed by atoms with Crippen LogP contribution in [0.5, 0.6) is 0 Å². The largest absolute Gasteiger partial charge is 0.384 e. The average Bonchev–Trinajstić information content (AvgIpc) is 3.07. The molecule has 0 aliphatic heterocycles. The number of aryl methyl sites for hydroxylation is 2. The minimum absolute atomic E-state index is 0. The van der Waals surface area contributed by atoms with Gasteiger partial charge in [-0.25, -0.2) is 4.98 Å². The zero-order chi connectivity index (χ0) is 18.1. The van der Waals surface area contributed by atoms with Crippen LogP contribution in [-0.2, 0) is 20.1 Å². The molecule has 6 heteroatoms. The predicted octanol–water partition coefficient (Wildman–Crippen LogP) is 3.99. The monoisotopic (exact) mass is 533 g/mol. The van der Waals surface area contributed by atoms with E-state index in [1.165, 1.54) is 0 Å². The van der Waals surface area contributed by atoms with Gasteiger partial charge in [-0.3, -0.25) is 0 Å². The van der Waals surface area contributed by atoms with E-state index in [1.54, 1.807) is 6.07 Å². The van der Waals surface area contributed by atoms with E-state index in [-0.39, 0.29) is 20.1 Å². The molecule has 2 aromatic heterocycles. The minimum atomic E-state index is 0. The molecule has 1 radical (unpaired) electrons. The maximum atomic E-state index is 5.85. The maximum absolute atomic E-state index is 5.85. The number of anilines is 1. The Hall–Kier alpha value is -2.82. The summed E-state index contributed by atoms with van der Waals surface area (Å²) >= 11 is 0. The van der Waals surface area contributed by atoms with Gasteiger partial charge in [0.2, 0.25) is 0 Å². The van der Waals surface area contributed by atoms with Crippen LogP contribution >= 0.6 is 0 Å². The molecule has 4 rings (SSSR count). The van der Waals surface area contributed by atoms with Crippen LogP contribution < -0.4 is 5.73 Å². The molecule has 0 fully saturated rings. The van der Waals surface area contributed by atoms with Gasteiger partial charge in [0.15, 0.2) is 5.82 Å². The summed E-state index contributed by atoms with van der Waals surface area (Å²) in [5.41, 5.74) is 10.6. The Bertz CT molecular complexity index is 1070. The van der Waals surface area contributed by atoms with Crippen LogP contribution in [0.2, 0.25) is 0 Å². The van der Waals surface area contributed by atoms with Gasteiger partial charge in [-0.2, -0.15) is 5.10 Å². The molecule has 0 saturated heterocycles. The Balaban J connectivity index is 0.00000210. The van der Waals surface area contributed by atoms with E-state index in [1.807, 2.05) is 60.0 Å². The number of benzene rings is 2. The Labute approximate surface area is 171 Å². The zero-order valence-electron chi connectivity index (χ0n) is 15.0. The molecule has 2 heterocycles. The molecule has 0 spiro atoms. The summed E-state index contributed by atoms with van der Waals surface area (Å²) in [6.07, 6.45) is 0. The molecule has 0 aliphatic carbocycles. The van der Waals surface area contributed by atoms with Crippen LogP contribution in [0.25, 0.3) is 28.5 Å². The molecule has 5 nitrogen and oxygen atoms in total. The number of nitrogens with two attached hydrogens (primary N) is 1. The third kappa shape index (κ3) is 3.54. The van der Waals surface area contributed by atoms with Gasteiger partial charge in [-0.15, -0.1) is 41.0 Å². The number of rotatable bonds is 3. The molecule has 0 aliphatic rings. The van der Waals surface area contributed by atoms with E-state index < -0.39 is 0 Å². The van der Waals surface area contributed by atoms with Crippen LogP contribution in [0.15, 0.2) is 60.7 Å².